The van der Waals surface area contributed by atoms with E-state index in [-0.39, 0.29) is 12.1 Å². The number of ether oxygens (including phenoxy) is 1. The Kier molecular flexibility index (Phi) is 1.92. The minimum atomic E-state index is -0.271. The Bertz CT molecular complexity index is 290. The van der Waals surface area contributed by atoms with Gasteiger partial charge in [0.05, 0.1) is 19.3 Å². The molecule has 1 radical (unpaired) electrons. The molecule has 0 unspecified atom stereocenters. The monoisotopic (exact) mass is 180 g/mol. The molecule has 69 valence electrons. The fourth-order valence-electron chi connectivity index (χ4n) is 1.34. The minimum Gasteiger partial charge on any atom is -0.453 e. The van der Waals surface area contributed by atoms with Gasteiger partial charge in [-0.05, 0) is 0 Å². The third-order valence-electron chi connectivity index (χ3n) is 2.14. The van der Waals surface area contributed by atoms with E-state index in [9.17, 15) is 4.79 Å². The van der Waals surface area contributed by atoms with Gasteiger partial charge in [0.2, 0.25) is 0 Å². The summed E-state index contributed by atoms with van der Waals surface area (Å²) >= 11 is 0. The van der Waals surface area contributed by atoms with Gasteiger partial charge in [0.15, 0.2) is 0 Å². The maximum atomic E-state index is 11.0. The van der Waals surface area contributed by atoms with Crippen LogP contribution in [-0.4, -0.2) is 41.0 Å². The molecule has 0 saturated carbocycles. The molecule has 2 heterocycles. The van der Waals surface area contributed by atoms with Gasteiger partial charge < -0.3 is 9.64 Å². The number of rotatable bonds is 1. The van der Waals surface area contributed by atoms with Crippen LogP contribution in [-0.2, 0) is 4.74 Å². The second kappa shape index (κ2) is 3.08. The average Bonchev–Trinajstić information content (AvgIpc) is 2.54. The first kappa shape index (κ1) is 8.10. The number of carbonyl (C=O) groups excluding carboxylic acids is 1. The molecule has 1 amide bonds. The summed E-state index contributed by atoms with van der Waals surface area (Å²) in [5.41, 5.74) is 0. The van der Waals surface area contributed by atoms with Crippen molar-refractivity contribution in [1.29, 1.82) is 0 Å². The lowest BCUT2D eigenvalue weighted by atomic mass is 10.1. The smallest absolute Gasteiger partial charge is 0.409 e. The molecule has 1 aromatic heterocycles. The van der Waals surface area contributed by atoms with Gasteiger partial charge in [-0.25, -0.2) is 4.79 Å². The molecule has 0 N–H and O–H groups in total. The molecule has 1 aliphatic heterocycles. The highest BCUT2D eigenvalue weighted by Crippen LogP contribution is 2.20. The molecule has 0 aliphatic carbocycles. The summed E-state index contributed by atoms with van der Waals surface area (Å²) in [6.07, 6.45) is 3.12. The lowest BCUT2D eigenvalue weighted by molar-refractivity contribution is 0.0674. The van der Waals surface area contributed by atoms with E-state index in [0.717, 1.165) is 0 Å². The second-order valence-electron chi connectivity index (χ2n) is 2.95. The van der Waals surface area contributed by atoms with Crippen LogP contribution in [0.5, 0.6) is 0 Å². The van der Waals surface area contributed by atoms with E-state index < -0.39 is 0 Å². The van der Waals surface area contributed by atoms with Crippen LogP contribution in [0.15, 0.2) is 12.4 Å². The van der Waals surface area contributed by atoms with Crippen LogP contribution in [0.25, 0.3) is 0 Å². The minimum absolute atomic E-state index is 0.271. The molecule has 0 spiro atoms. The molecular formula is C8H10N3O2. The number of aromatic nitrogens is 2. The van der Waals surface area contributed by atoms with E-state index in [0.29, 0.717) is 13.1 Å². The van der Waals surface area contributed by atoms with E-state index in [1.807, 2.05) is 0 Å². The highest BCUT2D eigenvalue weighted by molar-refractivity contribution is 5.68. The third kappa shape index (κ3) is 1.37. The predicted molar refractivity (Wildman–Crippen MR) is 44.1 cm³/mol. The molecule has 1 aromatic rings. The molecule has 0 aromatic carbocycles. The van der Waals surface area contributed by atoms with E-state index in [1.165, 1.54) is 7.11 Å². The highest BCUT2D eigenvalue weighted by atomic mass is 16.5. The van der Waals surface area contributed by atoms with Crippen LogP contribution in [0.3, 0.4) is 0 Å². The fraction of sp³-hybridized carbons (Fsp3) is 0.500. The first-order chi connectivity index (χ1) is 6.31. The lowest BCUT2D eigenvalue weighted by Crippen LogP contribution is -2.50. The largest absolute Gasteiger partial charge is 0.453 e. The van der Waals surface area contributed by atoms with Gasteiger partial charge in [-0.1, -0.05) is 0 Å². The summed E-state index contributed by atoms with van der Waals surface area (Å²) in [5.74, 6) is 0. The first-order valence-corrected chi connectivity index (χ1v) is 4.04. The van der Waals surface area contributed by atoms with Crippen LogP contribution in [0.4, 0.5) is 4.79 Å². The molecule has 1 saturated heterocycles. The Hall–Kier alpha value is -1.52. The van der Waals surface area contributed by atoms with Gasteiger partial charge in [-0.15, -0.1) is 0 Å². The van der Waals surface area contributed by atoms with Crippen molar-refractivity contribution >= 4 is 6.09 Å². The average molecular weight is 180 g/mol. The SMILES string of the molecule is COC(=O)N1CC(n2c[c]cn2)C1. The Morgan fingerprint density at radius 2 is 2.46 bits per heavy atom. The zero-order valence-corrected chi connectivity index (χ0v) is 7.30. The van der Waals surface area contributed by atoms with Crippen molar-refractivity contribution in [2.75, 3.05) is 20.2 Å². The summed E-state index contributed by atoms with van der Waals surface area (Å²) in [4.78, 5) is 12.6. The molecule has 1 aliphatic rings. The summed E-state index contributed by atoms with van der Waals surface area (Å²) in [5, 5.41) is 4.04. The predicted octanol–water partition coefficient (Wildman–Crippen LogP) is 0.306. The van der Waals surface area contributed by atoms with Crippen LogP contribution < -0.4 is 0 Å². The van der Waals surface area contributed by atoms with Gasteiger partial charge in [0.1, 0.15) is 0 Å². The van der Waals surface area contributed by atoms with Crippen molar-refractivity contribution in [1.82, 2.24) is 14.7 Å². The second-order valence-corrected chi connectivity index (χ2v) is 2.95. The van der Waals surface area contributed by atoms with Crippen LogP contribution >= 0.6 is 0 Å². The zero-order valence-electron chi connectivity index (χ0n) is 7.30. The quantitative estimate of drug-likeness (QED) is 0.624. The van der Waals surface area contributed by atoms with Gasteiger partial charge in [-0.3, -0.25) is 4.68 Å². The Morgan fingerprint density at radius 1 is 1.69 bits per heavy atom. The normalized spacial score (nSPS) is 16.8. The number of amides is 1. The number of hydrogen-bond donors (Lipinski definition) is 0. The summed E-state index contributed by atoms with van der Waals surface area (Å²) < 4.78 is 6.37. The van der Waals surface area contributed by atoms with Gasteiger partial charge in [-0.2, -0.15) is 5.10 Å². The van der Waals surface area contributed by atoms with E-state index in [2.05, 4.69) is 15.9 Å². The lowest BCUT2D eigenvalue weighted by Gasteiger charge is -2.37. The summed E-state index contributed by atoms with van der Waals surface area (Å²) in [7, 11) is 1.39. The van der Waals surface area contributed by atoms with Crippen molar-refractivity contribution in [3.63, 3.8) is 0 Å². The topological polar surface area (TPSA) is 47.4 Å². The Morgan fingerprint density at radius 3 is 3.00 bits per heavy atom. The van der Waals surface area contributed by atoms with Crippen molar-refractivity contribution in [2.45, 2.75) is 6.04 Å². The van der Waals surface area contributed by atoms with Crippen LogP contribution in [0, 0.1) is 6.07 Å². The maximum absolute atomic E-state index is 11.0. The molecule has 0 atom stereocenters. The number of carbonyl (C=O) groups is 1. The number of nitrogens with zero attached hydrogens (tertiary/aromatic N) is 3. The van der Waals surface area contributed by atoms with Gasteiger partial charge in [0, 0.05) is 25.4 Å². The first-order valence-electron chi connectivity index (χ1n) is 4.04. The summed E-state index contributed by atoms with van der Waals surface area (Å²) in [6.45, 7) is 1.34. The van der Waals surface area contributed by atoms with Crippen molar-refractivity contribution in [3.8, 4) is 0 Å². The Labute approximate surface area is 75.9 Å². The molecule has 5 heteroatoms. The van der Waals surface area contributed by atoms with E-state index >= 15 is 0 Å². The van der Waals surface area contributed by atoms with Crippen molar-refractivity contribution in [2.24, 2.45) is 0 Å². The number of hydrogen-bond acceptors (Lipinski definition) is 3. The standard InChI is InChI=1S/C8H10N3O2/c1-13-8(12)10-5-7(6-10)11-4-2-3-9-11/h3-4,7H,5-6H2,1H3. The van der Waals surface area contributed by atoms with Crippen molar-refractivity contribution in [3.05, 3.63) is 18.5 Å². The van der Waals surface area contributed by atoms with Crippen LogP contribution in [0.2, 0.25) is 0 Å². The van der Waals surface area contributed by atoms with E-state index in [4.69, 9.17) is 0 Å². The fourth-order valence-corrected chi connectivity index (χ4v) is 1.34. The molecule has 2 rings (SSSR count). The molecular weight excluding hydrogens is 170 g/mol. The zero-order chi connectivity index (χ0) is 9.26. The molecule has 1 fully saturated rings. The molecule has 5 nitrogen and oxygen atoms in total. The maximum Gasteiger partial charge on any atom is 0.409 e. The van der Waals surface area contributed by atoms with Crippen LogP contribution in [0.1, 0.15) is 6.04 Å². The summed E-state index contributed by atoms with van der Waals surface area (Å²) in [6, 6.07) is 3.14. The molecule has 0 bridgehead atoms. The van der Waals surface area contributed by atoms with Gasteiger partial charge >= 0.3 is 6.09 Å². The third-order valence-corrected chi connectivity index (χ3v) is 2.14. The Balaban J connectivity index is 1.89. The van der Waals surface area contributed by atoms with Crippen molar-refractivity contribution < 1.29 is 9.53 Å². The number of methoxy groups -OCH3 is 1. The highest BCUT2D eigenvalue weighted by Gasteiger charge is 2.32. The van der Waals surface area contributed by atoms with Gasteiger partial charge in [0.25, 0.3) is 0 Å². The number of likely N-dealkylation sites (tertiary alicyclic amines) is 1. The van der Waals surface area contributed by atoms with E-state index in [1.54, 1.807) is 22.0 Å². The molecule has 13 heavy (non-hydrogen) atoms.